The molecule has 0 fully saturated rings. The van der Waals surface area contributed by atoms with Crippen molar-refractivity contribution < 1.29 is 4.74 Å². The van der Waals surface area contributed by atoms with Crippen LogP contribution in [0.15, 0.2) is 46.5 Å². The maximum Gasteiger partial charge on any atom is 0.171 e. The van der Waals surface area contributed by atoms with Gasteiger partial charge in [0.15, 0.2) is 5.16 Å². The van der Waals surface area contributed by atoms with Crippen molar-refractivity contribution in [1.29, 1.82) is 0 Å². The van der Waals surface area contributed by atoms with Crippen molar-refractivity contribution in [2.45, 2.75) is 10.1 Å². The van der Waals surface area contributed by atoms with Crippen molar-refractivity contribution in [2.24, 2.45) is 0 Å². The fourth-order valence-corrected chi connectivity index (χ4v) is 3.20. The molecule has 6 heteroatoms. The van der Waals surface area contributed by atoms with Crippen LogP contribution >= 0.6 is 34.4 Å². The molecule has 0 bridgehead atoms. The average Bonchev–Trinajstić information content (AvgIpc) is 2.83. The Kier molecular flexibility index (Phi) is 3.75. The van der Waals surface area contributed by atoms with Crippen LogP contribution in [0.2, 0.25) is 0 Å². The smallest absolute Gasteiger partial charge is 0.171 e. The Morgan fingerprint density at radius 1 is 1.25 bits per heavy atom. The van der Waals surface area contributed by atoms with Crippen LogP contribution in [0.4, 0.5) is 5.69 Å². The van der Waals surface area contributed by atoms with E-state index in [4.69, 9.17) is 10.5 Å². The Hall–Kier alpha value is -1.41. The standard InChI is InChI=1S/C14H12IN3OS/c1-19-9-3-4-11-12(7-9)18-14(17-11)20-13-5-2-8(15)6-10(13)16/h2-7H,16H2,1H3,(H,17,18). The lowest BCUT2D eigenvalue weighted by atomic mass is 10.3. The third-order valence-electron chi connectivity index (χ3n) is 2.85. The Labute approximate surface area is 134 Å². The first-order valence-corrected chi connectivity index (χ1v) is 7.82. The van der Waals surface area contributed by atoms with E-state index in [1.54, 1.807) is 7.11 Å². The minimum atomic E-state index is 0.764. The van der Waals surface area contributed by atoms with E-state index in [0.717, 1.165) is 36.1 Å². The first-order valence-electron chi connectivity index (χ1n) is 5.92. The molecule has 102 valence electrons. The fourth-order valence-electron chi connectivity index (χ4n) is 1.86. The Bertz CT molecular complexity index is 772. The largest absolute Gasteiger partial charge is 0.497 e. The monoisotopic (exact) mass is 397 g/mol. The van der Waals surface area contributed by atoms with Gasteiger partial charge in [-0.2, -0.15) is 0 Å². The summed E-state index contributed by atoms with van der Waals surface area (Å²) >= 11 is 3.77. The maximum absolute atomic E-state index is 6.02. The number of nitrogens with zero attached hydrogens (tertiary/aromatic N) is 1. The molecule has 0 atom stereocenters. The molecule has 0 aliphatic carbocycles. The number of ether oxygens (including phenoxy) is 1. The summed E-state index contributed by atoms with van der Waals surface area (Å²) < 4.78 is 6.33. The molecule has 0 amide bonds. The quantitative estimate of drug-likeness (QED) is 0.520. The molecule has 0 aliphatic heterocycles. The normalized spacial score (nSPS) is 10.9. The highest BCUT2D eigenvalue weighted by Gasteiger charge is 2.08. The summed E-state index contributed by atoms with van der Waals surface area (Å²) in [6.45, 7) is 0. The third kappa shape index (κ3) is 2.71. The van der Waals surface area contributed by atoms with Gasteiger partial charge < -0.3 is 15.5 Å². The number of nitrogens with one attached hydrogen (secondary N) is 1. The van der Waals surface area contributed by atoms with Gasteiger partial charge in [0.2, 0.25) is 0 Å². The zero-order valence-electron chi connectivity index (χ0n) is 10.7. The highest BCUT2D eigenvalue weighted by molar-refractivity contribution is 14.1. The van der Waals surface area contributed by atoms with Gasteiger partial charge in [-0.3, -0.25) is 0 Å². The van der Waals surface area contributed by atoms with Crippen molar-refractivity contribution in [3.8, 4) is 5.75 Å². The van der Waals surface area contributed by atoms with E-state index in [0.29, 0.717) is 0 Å². The predicted octanol–water partition coefficient (Wildman–Crippen LogP) is 3.91. The highest BCUT2D eigenvalue weighted by atomic mass is 127. The second-order valence-corrected chi connectivity index (χ2v) is 6.49. The van der Waals surface area contributed by atoms with E-state index in [2.05, 4.69) is 32.6 Å². The molecule has 2 aromatic carbocycles. The second kappa shape index (κ2) is 5.53. The van der Waals surface area contributed by atoms with Crippen LogP contribution in [0.5, 0.6) is 5.75 Å². The summed E-state index contributed by atoms with van der Waals surface area (Å²) in [5.74, 6) is 0.812. The predicted molar refractivity (Wildman–Crippen MR) is 90.3 cm³/mol. The molecular weight excluding hydrogens is 385 g/mol. The molecule has 3 aromatic rings. The number of halogens is 1. The Morgan fingerprint density at radius 2 is 2.10 bits per heavy atom. The molecule has 20 heavy (non-hydrogen) atoms. The number of aromatic nitrogens is 2. The van der Waals surface area contributed by atoms with Gasteiger partial charge in [-0.25, -0.2) is 4.98 Å². The van der Waals surface area contributed by atoms with E-state index in [1.165, 1.54) is 11.8 Å². The molecule has 3 rings (SSSR count). The fraction of sp³-hybridized carbons (Fsp3) is 0.0714. The number of methoxy groups -OCH3 is 1. The van der Waals surface area contributed by atoms with Gasteiger partial charge in [0, 0.05) is 20.2 Å². The molecule has 4 nitrogen and oxygen atoms in total. The van der Waals surface area contributed by atoms with Crippen molar-refractivity contribution in [3.05, 3.63) is 40.0 Å². The second-order valence-electron chi connectivity index (χ2n) is 4.21. The van der Waals surface area contributed by atoms with Crippen molar-refractivity contribution in [2.75, 3.05) is 12.8 Å². The minimum absolute atomic E-state index is 0.764. The molecule has 1 heterocycles. The van der Waals surface area contributed by atoms with Crippen LogP contribution in [0.25, 0.3) is 11.0 Å². The van der Waals surface area contributed by atoms with Crippen LogP contribution in [0.3, 0.4) is 0 Å². The van der Waals surface area contributed by atoms with Crippen molar-refractivity contribution >= 4 is 51.1 Å². The van der Waals surface area contributed by atoms with E-state index in [1.807, 2.05) is 36.4 Å². The zero-order chi connectivity index (χ0) is 14.1. The lowest BCUT2D eigenvalue weighted by molar-refractivity contribution is 0.415. The van der Waals surface area contributed by atoms with E-state index < -0.39 is 0 Å². The summed E-state index contributed by atoms with van der Waals surface area (Å²) in [5.41, 5.74) is 8.65. The van der Waals surface area contributed by atoms with Gasteiger partial charge in [0.1, 0.15) is 5.75 Å². The van der Waals surface area contributed by atoms with Crippen LogP contribution in [0.1, 0.15) is 0 Å². The maximum atomic E-state index is 6.02. The highest BCUT2D eigenvalue weighted by Crippen LogP contribution is 2.32. The number of imidazole rings is 1. The summed E-state index contributed by atoms with van der Waals surface area (Å²) in [6, 6.07) is 11.8. The topological polar surface area (TPSA) is 63.9 Å². The summed E-state index contributed by atoms with van der Waals surface area (Å²) in [7, 11) is 1.65. The number of H-pyrrole nitrogens is 1. The third-order valence-corrected chi connectivity index (χ3v) is 4.50. The van der Waals surface area contributed by atoms with Gasteiger partial charge in [-0.15, -0.1) is 0 Å². The summed E-state index contributed by atoms with van der Waals surface area (Å²) in [6.07, 6.45) is 0. The van der Waals surface area contributed by atoms with Gasteiger partial charge in [-0.05, 0) is 64.7 Å². The van der Waals surface area contributed by atoms with E-state index >= 15 is 0 Å². The summed E-state index contributed by atoms with van der Waals surface area (Å²) in [5, 5.41) is 0.821. The van der Waals surface area contributed by atoms with Crippen molar-refractivity contribution in [1.82, 2.24) is 9.97 Å². The number of benzene rings is 2. The first-order chi connectivity index (χ1) is 9.65. The number of hydrogen-bond donors (Lipinski definition) is 2. The molecule has 1 aromatic heterocycles. The number of rotatable bonds is 3. The van der Waals surface area contributed by atoms with Gasteiger partial charge in [0.25, 0.3) is 0 Å². The number of nitrogens with two attached hydrogens (primary N) is 1. The molecule has 0 saturated heterocycles. The molecule has 0 saturated carbocycles. The van der Waals surface area contributed by atoms with Crippen molar-refractivity contribution in [3.63, 3.8) is 0 Å². The van der Waals surface area contributed by atoms with Gasteiger partial charge in [-0.1, -0.05) is 0 Å². The number of fused-ring (bicyclic) bond motifs is 1. The number of aromatic amines is 1. The average molecular weight is 397 g/mol. The van der Waals surface area contributed by atoms with Crippen LogP contribution in [0, 0.1) is 3.57 Å². The van der Waals surface area contributed by atoms with E-state index in [-0.39, 0.29) is 0 Å². The van der Waals surface area contributed by atoms with Gasteiger partial charge in [0.05, 0.1) is 18.1 Å². The van der Waals surface area contributed by atoms with Crippen LogP contribution < -0.4 is 10.5 Å². The SMILES string of the molecule is COc1ccc2nc(Sc3ccc(I)cc3N)[nH]c2c1. The first kappa shape index (κ1) is 13.6. The van der Waals surface area contributed by atoms with Gasteiger partial charge >= 0.3 is 0 Å². The Morgan fingerprint density at radius 3 is 2.85 bits per heavy atom. The number of hydrogen-bond acceptors (Lipinski definition) is 4. The lowest BCUT2D eigenvalue weighted by Crippen LogP contribution is -1.89. The molecule has 0 aliphatic rings. The number of nitrogen functional groups attached to an aromatic ring is 1. The molecule has 3 N–H and O–H groups in total. The Balaban J connectivity index is 1.94. The van der Waals surface area contributed by atoms with Crippen LogP contribution in [-0.4, -0.2) is 17.1 Å². The number of anilines is 1. The van der Waals surface area contributed by atoms with Crippen LogP contribution in [-0.2, 0) is 0 Å². The minimum Gasteiger partial charge on any atom is -0.497 e. The summed E-state index contributed by atoms with van der Waals surface area (Å²) in [4.78, 5) is 8.81. The zero-order valence-corrected chi connectivity index (χ0v) is 13.7. The molecule has 0 spiro atoms. The van der Waals surface area contributed by atoms with E-state index in [9.17, 15) is 0 Å². The molecule has 0 radical (unpaired) electrons. The lowest BCUT2D eigenvalue weighted by Gasteiger charge is -2.03. The molecular formula is C14H12IN3OS. The molecule has 0 unspecified atom stereocenters.